The first kappa shape index (κ1) is 12.9. The highest BCUT2D eigenvalue weighted by Crippen LogP contribution is 2.37. The maximum atomic E-state index is 12.5. The van der Waals surface area contributed by atoms with E-state index in [0.717, 1.165) is 24.8 Å². The van der Waals surface area contributed by atoms with Crippen LogP contribution in [0.15, 0.2) is 34.9 Å². The third-order valence-corrected chi connectivity index (χ3v) is 4.70. The number of benzene rings is 1. The Balaban J connectivity index is 1.53. The standard InChI is InChI=1S/C16H18N2O3/c17-13-10-5-3-7-20-15(10)14(13)18-16(19)11-8-21-12-6-2-1-4-9(11)12/h1-2,4,6,8,10,13-15H,3,5,7,17H2,(H,18,19). The summed E-state index contributed by atoms with van der Waals surface area (Å²) >= 11 is 0. The lowest BCUT2D eigenvalue weighted by atomic mass is 9.68. The van der Waals surface area contributed by atoms with Gasteiger partial charge in [0.1, 0.15) is 11.8 Å². The fourth-order valence-electron chi connectivity index (χ4n) is 3.51. The van der Waals surface area contributed by atoms with Gasteiger partial charge in [-0.1, -0.05) is 18.2 Å². The van der Waals surface area contributed by atoms with Gasteiger partial charge in [-0.05, 0) is 18.9 Å². The first-order valence-electron chi connectivity index (χ1n) is 7.40. The van der Waals surface area contributed by atoms with E-state index in [9.17, 15) is 4.79 Å². The summed E-state index contributed by atoms with van der Waals surface area (Å²) in [5.74, 6) is 0.234. The van der Waals surface area contributed by atoms with Crippen LogP contribution in [-0.2, 0) is 4.74 Å². The number of rotatable bonds is 2. The Morgan fingerprint density at radius 2 is 2.19 bits per heavy atom. The van der Waals surface area contributed by atoms with Crippen LogP contribution in [-0.4, -0.2) is 30.7 Å². The fourth-order valence-corrected chi connectivity index (χ4v) is 3.51. The molecular weight excluding hydrogens is 268 g/mol. The largest absolute Gasteiger partial charge is 0.463 e. The minimum absolute atomic E-state index is 0.0163. The van der Waals surface area contributed by atoms with Gasteiger partial charge in [0, 0.05) is 24.0 Å². The second-order valence-electron chi connectivity index (χ2n) is 5.86. The van der Waals surface area contributed by atoms with Gasteiger partial charge in [-0.25, -0.2) is 0 Å². The van der Waals surface area contributed by atoms with Crippen molar-refractivity contribution in [2.45, 2.75) is 31.0 Å². The lowest BCUT2D eigenvalue weighted by Gasteiger charge is -2.52. The monoisotopic (exact) mass is 286 g/mol. The van der Waals surface area contributed by atoms with Crippen molar-refractivity contribution in [3.8, 4) is 0 Å². The molecule has 21 heavy (non-hydrogen) atoms. The van der Waals surface area contributed by atoms with Gasteiger partial charge >= 0.3 is 0 Å². The van der Waals surface area contributed by atoms with Gasteiger partial charge in [0.05, 0.1) is 17.7 Å². The summed E-state index contributed by atoms with van der Waals surface area (Å²) in [6.07, 6.45) is 3.72. The maximum Gasteiger partial charge on any atom is 0.255 e. The molecule has 4 unspecified atom stereocenters. The van der Waals surface area contributed by atoms with Crippen LogP contribution < -0.4 is 11.1 Å². The number of fused-ring (bicyclic) bond motifs is 2. The molecule has 0 spiro atoms. The minimum atomic E-state index is -0.145. The molecule has 5 heteroatoms. The zero-order valence-electron chi connectivity index (χ0n) is 11.6. The van der Waals surface area contributed by atoms with Crippen molar-refractivity contribution < 1.29 is 13.9 Å². The summed E-state index contributed by atoms with van der Waals surface area (Å²) < 4.78 is 11.2. The molecule has 5 nitrogen and oxygen atoms in total. The van der Waals surface area contributed by atoms with Gasteiger partial charge < -0.3 is 20.2 Å². The van der Waals surface area contributed by atoms with E-state index in [2.05, 4.69) is 5.32 Å². The van der Waals surface area contributed by atoms with E-state index >= 15 is 0 Å². The van der Waals surface area contributed by atoms with Crippen molar-refractivity contribution in [2.24, 2.45) is 11.7 Å². The number of nitrogens with two attached hydrogens (primary N) is 1. The molecule has 110 valence electrons. The van der Waals surface area contributed by atoms with Crippen LogP contribution in [0.1, 0.15) is 23.2 Å². The third-order valence-electron chi connectivity index (χ3n) is 4.70. The third kappa shape index (κ3) is 1.96. The Hall–Kier alpha value is -1.85. The second kappa shape index (κ2) is 4.86. The van der Waals surface area contributed by atoms with Crippen molar-refractivity contribution in [1.29, 1.82) is 0 Å². The molecule has 1 aliphatic carbocycles. The first-order valence-corrected chi connectivity index (χ1v) is 7.40. The van der Waals surface area contributed by atoms with Crippen LogP contribution in [0, 0.1) is 5.92 Å². The highest BCUT2D eigenvalue weighted by molar-refractivity contribution is 6.06. The number of carbonyl (C=O) groups is 1. The lowest BCUT2D eigenvalue weighted by molar-refractivity contribution is -0.117. The number of para-hydroxylation sites is 1. The number of ether oxygens (including phenoxy) is 1. The average Bonchev–Trinajstić information content (AvgIpc) is 2.96. The van der Waals surface area contributed by atoms with E-state index < -0.39 is 0 Å². The Labute approximate surface area is 122 Å². The molecule has 4 atom stereocenters. The Morgan fingerprint density at radius 1 is 1.33 bits per heavy atom. The molecule has 1 amide bonds. The minimum Gasteiger partial charge on any atom is -0.463 e. The van der Waals surface area contributed by atoms with Gasteiger partial charge in [-0.15, -0.1) is 0 Å². The van der Waals surface area contributed by atoms with E-state index in [1.165, 1.54) is 6.26 Å². The molecule has 0 radical (unpaired) electrons. The number of hydrogen-bond acceptors (Lipinski definition) is 4. The molecule has 1 aliphatic heterocycles. The van der Waals surface area contributed by atoms with Gasteiger partial charge in [-0.3, -0.25) is 4.79 Å². The van der Waals surface area contributed by atoms with E-state index in [1.54, 1.807) is 0 Å². The SMILES string of the molecule is NC1C2CCCOC2C1NC(=O)c1coc2ccccc12. The summed E-state index contributed by atoms with van der Waals surface area (Å²) in [4.78, 5) is 12.5. The molecular formula is C16H18N2O3. The summed E-state index contributed by atoms with van der Waals surface area (Å²) in [5, 5.41) is 3.83. The number of nitrogens with one attached hydrogen (secondary N) is 1. The molecule has 2 fully saturated rings. The van der Waals surface area contributed by atoms with Crippen molar-refractivity contribution in [1.82, 2.24) is 5.32 Å². The van der Waals surface area contributed by atoms with Crippen molar-refractivity contribution in [3.05, 3.63) is 36.1 Å². The molecule has 1 aromatic carbocycles. The van der Waals surface area contributed by atoms with Crippen LogP contribution in [0.4, 0.5) is 0 Å². The number of furan rings is 1. The quantitative estimate of drug-likeness (QED) is 0.880. The van der Waals surface area contributed by atoms with Crippen molar-refractivity contribution in [3.63, 3.8) is 0 Å². The molecule has 1 saturated heterocycles. The van der Waals surface area contributed by atoms with Gasteiger partial charge in [0.25, 0.3) is 5.91 Å². The predicted octanol–water partition coefficient (Wildman–Crippen LogP) is 1.67. The highest BCUT2D eigenvalue weighted by atomic mass is 16.5. The zero-order valence-corrected chi connectivity index (χ0v) is 11.6. The molecule has 2 aliphatic rings. The molecule has 0 bridgehead atoms. The van der Waals surface area contributed by atoms with Gasteiger partial charge in [0.2, 0.25) is 0 Å². The molecule has 1 saturated carbocycles. The van der Waals surface area contributed by atoms with Gasteiger partial charge in [0.15, 0.2) is 0 Å². The zero-order chi connectivity index (χ0) is 14.4. The first-order chi connectivity index (χ1) is 10.3. The Kier molecular flexibility index (Phi) is 2.97. The average molecular weight is 286 g/mol. The van der Waals surface area contributed by atoms with Crippen LogP contribution in [0.5, 0.6) is 0 Å². The Bertz CT molecular complexity index is 681. The smallest absolute Gasteiger partial charge is 0.255 e. The summed E-state index contributed by atoms with van der Waals surface area (Å²) in [6, 6.07) is 7.39. The van der Waals surface area contributed by atoms with Crippen LogP contribution in [0.3, 0.4) is 0 Å². The molecule has 2 aromatic rings. The lowest BCUT2D eigenvalue weighted by Crippen LogP contribution is -2.72. The summed E-state index contributed by atoms with van der Waals surface area (Å²) in [5.41, 5.74) is 7.44. The number of hydrogen-bond donors (Lipinski definition) is 2. The second-order valence-corrected chi connectivity index (χ2v) is 5.86. The number of carbonyl (C=O) groups excluding carboxylic acids is 1. The highest BCUT2D eigenvalue weighted by Gasteiger charge is 2.51. The topological polar surface area (TPSA) is 77.5 Å². The van der Waals surface area contributed by atoms with E-state index in [4.69, 9.17) is 14.9 Å². The van der Waals surface area contributed by atoms with E-state index in [-0.39, 0.29) is 24.1 Å². The molecule has 2 heterocycles. The molecule has 1 aromatic heterocycles. The summed E-state index contributed by atoms with van der Waals surface area (Å²) in [6.45, 7) is 0.759. The molecule has 3 N–H and O–H groups in total. The summed E-state index contributed by atoms with van der Waals surface area (Å²) in [7, 11) is 0. The van der Waals surface area contributed by atoms with E-state index in [0.29, 0.717) is 17.1 Å². The van der Waals surface area contributed by atoms with Crippen LogP contribution >= 0.6 is 0 Å². The van der Waals surface area contributed by atoms with Crippen molar-refractivity contribution in [2.75, 3.05) is 6.61 Å². The van der Waals surface area contributed by atoms with E-state index in [1.807, 2.05) is 24.3 Å². The predicted molar refractivity (Wildman–Crippen MR) is 77.9 cm³/mol. The maximum absolute atomic E-state index is 12.5. The fraction of sp³-hybridized carbons (Fsp3) is 0.438. The van der Waals surface area contributed by atoms with Crippen LogP contribution in [0.2, 0.25) is 0 Å². The van der Waals surface area contributed by atoms with Crippen LogP contribution in [0.25, 0.3) is 11.0 Å². The van der Waals surface area contributed by atoms with Gasteiger partial charge in [-0.2, -0.15) is 0 Å². The normalized spacial score (nSPS) is 31.5. The number of amides is 1. The van der Waals surface area contributed by atoms with Crippen molar-refractivity contribution >= 4 is 16.9 Å². The Morgan fingerprint density at radius 3 is 3.10 bits per heavy atom. The molecule has 4 rings (SSSR count).